The average molecular weight is 317 g/mol. The average Bonchev–Trinajstić information content (AvgIpc) is 3.34. The number of amides is 1. The van der Waals surface area contributed by atoms with Gasteiger partial charge in [0.05, 0.1) is 5.92 Å². The van der Waals surface area contributed by atoms with Crippen LogP contribution in [0.1, 0.15) is 31.2 Å². The number of benzene rings is 1. The molecule has 0 aromatic heterocycles. The second-order valence-corrected chi connectivity index (χ2v) is 6.65. The Labute approximate surface area is 136 Å². The molecule has 23 heavy (non-hydrogen) atoms. The van der Waals surface area contributed by atoms with E-state index in [1.54, 1.807) is 4.90 Å². The molecular weight excluding hydrogens is 294 g/mol. The van der Waals surface area contributed by atoms with Gasteiger partial charge in [0.25, 0.3) is 0 Å². The molecule has 1 aromatic carbocycles. The van der Waals surface area contributed by atoms with Crippen LogP contribution in [0.2, 0.25) is 0 Å². The first-order chi connectivity index (χ1) is 11.1. The van der Waals surface area contributed by atoms with Gasteiger partial charge in [-0.3, -0.25) is 4.79 Å². The third kappa shape index (κ3) is 4.24. The van der Waals surface area contributed by atoms with Gasteiger partial charge in [-0.25, -0.2) is 4.79 Å². The zero-order valence-corrected chi connectivity index (χ0v) is 13.2. The van der Waals surface area contributed by atoms with Crippen molar-refractivity contribution in [2.24, 2.45) is 17.8 Å². The summed E-state index contributed by atoms with van der Waals surface area (Å²) in [6, 6.07) is 9.67. The van der Waals surface area contributed by atoms with E-state index in [0.29, 0.717) is 31.5 Å². The van der Waals surface area contributed by atoms with Gasteiger partial charge in [-0.15, -0.1) is 0 Å². The number of nitrogens with zero attached hydrogens (tertiary/aromatic N) is 1. The Balaban J connectivity index is 1.37. The van der Waals surface area contributed by atoms with Crippen LogP contribution in [0.25, 0.3) is 0 Å². The van der Waals surface area contributed by atoms with E-state index in [1.165, 1.54) is 0 Å². The molecule has 0 bridgehead atoms. The van der Waals surface area contributed by atoms with E-state index in [-0.39, 0.29) is 12.0 Å². The molecule has 0 unspecified atom stereocenters. The van der Waals surface area contributed by atoms with Crippen LogP contribution < -0.4 is 0 Å². The minimum atomic E-state index is -0.656. The lowest BCUT2D eigenvalue weighted by Gasteiger charge is -2.31. The molecule has 1 aliphatic carbocycles. The van der Waals surface area contributed by atoms with E-state index in [0.717, 1.165) is 31.2 Å². The van der Waals surface area contributed by atoms with Crippen LogP contribution in [-0.2, 0) is 16.1 Å². The van der Waals surface area contributed by atoms with Crippen molar-refractivity contribution >= 4 is 12.1 Å². The van der Waals surface area contributed by atoms with Gasteiger partial charge in [0.1, 0.15) is 6.61 Å². The predicted octanol–water partition coefficient (Wildman–Crippen LogP) is 3.15. The number of hydrogen-bond donors (Lipinski definition) is 1. The first-order valence-corrected chi connectivity index (χ1v) is 8.32. The molecule has 1 aliphatic heterocycles. The SMILES string of the molecule is O=C(O)[C@@H]1C[C@H]1CC1CCN(C(=O)OCc2ccccc2)CC1. The van der Waals surface area contributed by atoms with Gasteiger partial charge in [0.15, 0.2) is 0 Å². The van der Waals surface area contributed by atoms with Crippen molar-refractivity contribution in [1.82, 2.24) is 4.90 Å². The molecule has 0 spiro atoms. The van der Waals surface area contributed by atoms with Crippen molar-refractivity contribution in [2.45, 2.75) is 32.3 Å². The van der Waals surface area contributed by atoms with Gasteiger partial charge < -0.3 is 14.7 Å². The van der Waals surface area contributed by atoms with E-state index in [2.05, 4.69) is 0 Å². The molecule has 124 valence electrons. The molecule has 2 fully saturated rings. The maximum Gasteiger partial charge on any atom is 0.410 e. The Morgan fingerprint density at radius 3 is 2.48 bits per heavy atom. The minimum Gasteiger partial charge on any atom is -0.481 e. The summed E-state index contributed by atoms with van der Waals surface area (Å²) in [6.07, 6.45) is 3.47. The molecule has 1 saturated heterocycles. The summed E-state index contributed by atoms with van der Waals surface area (Å²) >= 11 is 0. The number of carbonyl (C=O) groups excluding carboxylic acids is 1. The third-order valence-electron chi connectivity index (χ3n) is 4.95. The van der Waals surface area contributed by atoms with Crippen LogP contribution >= 0.6 is 0 Å². The summed E-state index contributed by atoms with van der Waals surface area (Å²) in [6.45, 7) is 1.73. The molecule has 5 heteroatoms. The highest BCUT2D eigenvalue weighted by Gasteiger charge is 2.44. The smallest absolute Gasteiger partial charge is 0.410 e. The van der Waals surface area contributed by atoms with Crippen LogP contribution in [0.15, 0.2) is 30.3 Å². The first kappa shape index (κ1) is 15.8. The first-order valence-electron chi connectivity index (χ1n) is 8.32. The molecule has 1 N–H and O–H groups in total. The fourth-order valence-corrected chi connectivity index (χ4v) is 3.40. The van der Waals surface area contributed by atoms with Crippen LogP contribution in [0, 0.1) is 17.8 Å². The van der Waals surface area contributed by atoms with E-state index in [9.17, 15) is 9.59 Å². The number of piperidine rings is 1. The highest BCUT2D eigenvalue weighted by molar-refractivity contribution is 5.73. The van der Waals surface area contributed by atoms with E-state index < -0.39 is 5.97 Å². The lowest BCUT2D eigenvalue weighted by Crippen LogP contribution is -2.38. The Morgan fingerprint density at radius 2 is 1.87 bits per heavy atom. The summed E-state index contributed by atoms with van der Waals surface area (Å²) in [7, 11) is 0. The van der Waals surface area contributed by atoms with Crippen molar-refractivity contribution in [3.63, 3.8) is 0 Å². The molecule has 1 aromatic rings. The molecule has 2 aliphatic rings. The van der Waals surface area contributed by atoms with Crippen LogP contribution in [0.5, 0.6) is 0 Å². The summed E-state index contributed by atoms with van der Waals surface area (Å²) < 4.78 is 5.35. The Morgan fingerprint density at radius 1 is 1.17 bits per heavy atom. The molecule has 1 heterocycles. The Bertz CT molecular complexity index is 551. The number of rotatable bonds is 5. The monoisotopic (exact) mass is 317 g/mol. The number of carboxylic acids is 1. The number of carboxylic acid groups (broad SMARTS) is 1. The number of likely N-dealkylation sites (tertiary alicyclic amines) is 1. The van der Waals surface area contributed by atoms with E-state index in [1.807, 2.05) is 30.3 Å². The lowest BCUT2D eigenvalue weighted by molar-refractivity contribution is -0.138. The summed E-state index contributed by atoms with van der Waals surface area (Å²) in [5.41, 5.74) is 0.990. The topological polar surface area (TPSA) is 66.8 Å². The molecule has 5 nitrogen and oxygen atoms in total. The highest BCUT2D eigenvalue weighted by Crippen LogP contribution is 2.44. The number of hydrogen-bond acceptors (Lipinski definition) is 3. The van der Waals surface area contributed by atoms with Gasteiger partial charge in [0.2, 0.25) is 0 Å². The quantitative estimate of drug-likeness (QED) is 0.906. The molecule has 0 radical (unpaired) electrons. The number of carbonyl (C=O) groups is 2. The Hall–Kier alpha value is -2.04. The molecule has 2 atom stereocenters. The largest absolute Gasteiger partial charge is 0.481 e. The highest BCUT2D eigenvalue weighted by atomic mass is 16.6. The van der Waals surface area contributed by atoms with Crippen molar-refractivity contribution in [3.05, 3.63) is 35.9 Å². The molecular formula is C18H23NO4. The van der Waals surface area contributed by atoms with Crippen molar-refractivity contribution < 1.29 is 19.4 Å². The van der Waals surface area contributed by atoms with Crippen molar-refractivity contribution in [1.29, 1.82) is 0 Å². The van der Waals surface area contributed by atoms with Crippen molar-refractivity contribution in [2.75, 3.05) is 13.1 Å². The maximum absolute atomic E-state index is 12.1. The van der Waals surface area contributed by atoms with Gasteiger partial charge in [0, 0.05) is 13.1 Å². The maximum atomic E-state index is 12.1. The standard InChI is InChI=1S/C18H23NO4/c20-17(21)16-11-15(16)10-13-6-8-19(9-7-13)18(22)23-12-14-4-2-1-3-5-14/h1-5,13,15-16H,6-12H2,(H,20,21)/t15-,16-/m1/s1. The Kier molecular flexibility index (Phi) is 4.84. The normalized spacial score (nSPS) is 24.3. The van der Waals surface area contributed by atoms with Gasteiger partial charge in [-0.1, -0.05) is 30.3 Å². The summed E-state index contributed by atoms with van der Waals surface area (Å²) in [5, 5.41) is 8.95. The van der Waals surface area contributed by atoms with Crippen molar-refractivity contribution in [3.8, 4) is 0 Å². The zero-order valence-electron chi connectivity index (χ0n) is 13.2. The fourth-order valence-electron chi connectivity index (χ4n) is 3.40. The van der Waals surface area contributed by atoms with Crippen LogP contribution in [0.4, 0.5) is 4.79 Å². The number of aliphatic carboxylic acids is 1. The second-order valence-electron chi connectivity index (χ2n) is 6.65. The second kappa shape index (κ2) is 7.02. The fraction of sp³-hybridized carbons (Fsp3) is 0.556. The summed E-state index contributed by atoms with van der Waals surface area (Å²) in [4.78, 5) is 24.7. The van der Waals surface area contributed by atoms with Crippen LogP contribution in [0.3, 0.4) is 0 Å². The van der Waals surface area contributed by atoms with Gasteiger partial charge >= 0.3 is 12.1 Å². The molecule has 1 amide bonds. The third-order valence-corrected chi connectivity index (χ3v) is 4.95. The van der Waals surface area contributed by atoms with E-state index >= 15 is 0 Å². The summed E-state index contributed by atoms with van der Waals surface area (Å²) in [5.74, 6) is 0.123. The van der Waals surface area contributed by atoms with Gasteiger partial charge in [-0.05, 0) is 43.1 Å². The lowest BCUT2D eigenvalue weighted by atomic mass is 9.91. The number of ether oxygens (including phenoxy) is 1. The van der Waals surface area contributed by atoms with Gasteiger partial charge in [-0.2, -0.15) is 0 Å². The minimum absolute atomic E-state index is 0.121. The zero-order chi connectivity index (χ0) is 16.2. The predicted molar refractivity (Wildman–Crippen MR) is 84.8 cm³/mol. The van der Waals surface area contributed by atoms with Crippen LogP contribution in [-0.4, -0.2) is 35.2 Å². The molecule has 1 saturated carbocycles. The van der Waals surface area contributed by atoms with E-state index in [4.69, 9.17) is 9.84 Å². The molecule has 3 rings (SSSR count).